The molecule has 0 aliphatic heterocycles. The Morgan fingerprint density at radius 1 is 0.953 bits per heavy atom. The van der Waals surface area contributed by atoms with E-state index in [1.54, 1.807) is 26.8 Å². The van der Waals surface area contributed by atoms with Crippen LogP contribution in [0, 0.1) is 28.6 Å². The van der Waals surface area contributed by atoms with Crippen molar-refractivity contribution < 1.29 is 48.7 Å². The first-order valence-electron chi connectivity index (χ1n) is 15.6. The summed E-state index contributed by atoms with van der Waals surface area (Å²) in [6.45, 7) is 12.9. The largest absolute Gasteiger partial charge is 0.459 e. The monoisotopic (exact) mass is 606 g/mol. The first-order chi connectivity index (χ1) is 19.7. The molecule has 4 aliphatic carbocycles. The van der Waals surface area contributed by atoms with Crippen LogP contribution in [0.1, 0.15) is 107 Å². The summed E-state index contributed by atoms with van der Waals surface area (Å²) >= 11 is 0. The van der Waals surface area contributed by atoms with Gasteiger partial charge in [0, 0.05) is 32.1 Å². The van der Waals surface area contributed by atoms with Crippen molar-refractivity contribution in [3.8, 4) is 0 Å². The Hall–Kier alpha value is -2.30. The summed E-state index contributed by atoms with van der Waals surface area (Å²) in [7, 11) is 0. The zero-order valence-electron chi connectivity index (χ0n) is 26.9. The summed E-state index contributed by atoms with van der Waals surface area (Å²) in [4.78, 5) is 50.6. The lowest BCUT2D eigenvalue weighted by atomic mass is 9.45. The van der Waals surface area contributed by atoms with Crippen LogP contribution in [0.5, 0.6) is 0 Å². The topological polar surface area (TPSA) is 157 Å². The Morgan fingerprint density at radius 3 is 2.12 bits per heavy atom. The highest BCUT2D eigenvalue weighted by Crippen LogP contribution is 2.70. The number of ketones is 1. The van der Waals surface area contributed by atoms with Gasteiger partial charge in [0.05, 0.1) is 17.3 Å². The number of carbonyl (C=O) groups excluding carboxylic acids is 4. The third-order valence-corrected chi connectivity index (χ3v) is 11.4. The van der Waals surface area contributed by atoms with Crippen molar-refractivity contribution >= 4 is 23.7 Å². The lowest BCUT2D eigenvalue weighted by Crippen LogP contribution is -2.64. The lowest BCUT2D eigenvalue weighted by Gasteiger charge is -2.61. The van der Waals surface area contributed by atoms with Crippen LogP contribution in [0.3, 0.4) is 0 Å². The second-order valence-electron chi connectivity index (χ2n) is 14.9. The highest BCUT2D eigenvalue weighted by atomic mass is 16.6. The van der Waals surface area contributed by atoms with Crippen LogP contribution in [0.15, 0.2) is 11.6 Å². The molecule has 10 heteroatoms. The lowest BCUT2D eigenvalue weighted by molar-refractivity contribution is -0.200. The molecule has 3 saturated carbocycles. The van der Waals surface area contributed by atoms with E-state index in [4.69, 9.17) is 14.2 Å². The molecule has 0 aromatic rings. The Morgan fingerprint density at radius 2 is 1.56 bits per heavy atom. The van der Waals surface area contributed by atoms with E-state index in [0.717, 1.165) is 5.57 Å². The van der Waals surface area contributed by atoms with E-state index >= 15 is 0 Å². The average molecular weight is 607 g/mol. The van der Waals surface area contributed by atoms with Crippen LogP contribution < -0.4 is 0 Å². The van der Waals surface area contributed by atoms with Crippen molar-refractivity contribution in [1.29, 1.82) is 0 Å². The first kappa shape index (κ1) is 33.6. The Bertz CT molecular complexity index is 1180. The van der Waals surface area contributed by atoms with E-state index in [0.29, 0.717) is 38.5 Å². The molecule has 0 aromatic carbocycles. The Labute approximate surface area is 254 Å². The number of esters is 3. The van der Waals surface area contributed by atoms with E-state index in [1.165, 1.54) is 20.8 Å². The van der Waals surface area contributed by atoms with Crippen molar-refractivity contribution in [1.82, 2.24) is 0 Å². The van der Waals surface area contributed by atoms with Gasteiger partial charge in [-0.15, -0.1) is 0 Å². The smallest absolute Gasteiger partial charge is 0.303 e. The van der Waals surface area contributed by atoms with Crippen LogP contribution in [0.25, 0.3) is 0 Å². The summed E-state index contributed by atoms with van der Waals surface area (Å²) in [6.07, 6.45) is 2.04. The Balaban J connectivity index is 1.76. The number of ether oxygens (including phenoxy) is 3. The number of carbonyl (C=O) groups is 4. The normalized spacial score (nSPS) is 39.3. The third kappa shape index (κ3) is 5.79. The second kappa shape index (κ2) is 11.2. The molecule has 0 amide bonds. The van der Waals surface area contributed by atoms with E-state index in [9.17, 15) is 34.5 Å². The first-order valence-corrected chi connectivity index (χ1v) is 15.6. The highest BCUT2D eigenvalue weighted by Gasteiger charge is 2.71. The molecule has 43 heavy (non-hydrogen) atoms. The number of aliphatic hydroxyl groups excluding tert-OH is 1. The van der Waals surface area contributed by atoms with E-state index in [-0.39, 0.29) is 24.5 Å². The fraction of sp³-hybridized carbons (Fsp3) is 0.818. The molecule has 4 aliphatic rings. The minimum absolute atomic E-state index is 0.150. The summed E-state index contributed by atoms with van der Waals surface area (Å²) in [5, 5.41) is 33.3. The molecule has 10 nitrogen and oxygen atoms in total. The molecule has 2 unspecified atom stereocenters. The van der Waals surface area contributed by atoms with E-state index in [1.807, 2.05) is 13.8 Å². The zero-order chi connectivity index (χ0) is 32.3. The van der Waals surface area contributed by atoms with Gasteiger partial charge >= 0.3 is 17.9 Å². The van der Waals surface area contributed by atoms with Crippen molar-refractivity contribution in [2.75, 3.05) is 0 Å². The van der Waals surface area contributed by atoms with Gasteiger partial charge in [0.1, 0.15) is 17.8 Å². The van der Waals surface area contributed by atoms with Gasteiger partial charge in [-0.05, 0) is 101 Å². The standard InChI is InChI=1S/C33H50O10/c1-18(34)41-25-16-23-24(37)15-22-21(30(23,6)17-26(25)42-19(2)35)9-13-31(7)27(10-14-33(22,31)43-20(3)36)32(8,40)28(38)11-12-29(4,5)39/h15,21,23,25-28,38-40H,9-14,16-17H2,1-8H3/t21?,23-,25+,26-,27-,28?,30+,31+,32+,33+/m0/s1. The Kier molecular flexibility index (Phi) is 8.79. The molecule has 0 spiro atoms. The van der Waals surface area contributed by atoms with Crippen LogP contribution in [-0.4, -0.2) is 74.1 Å². The number of hydrogen-bond donors (Lipinski definition) is 3. The number of rotatable bonds is 8. The summed E-state index contributed by atoms with van der Waals surface area (Å²) < 4.78 is 17.5. The number of fused-ring (bicyclic) bond motifs is 5. The molecule has 10 atom stereocenters. The average Bonchev–Trinajstić information content (AvgIpc) is 3.15. The van der Waals surface area contributed by atoms with E-state index in [2.05, 4.69) is 0 Å². The van der Waals surface area contributed by atoms with Crippen LogP contribution in [0.2, 0.25) is 0 Å². The minimum atomic E-state index is -1.55. The van der Waals surface area contributed by atoms with Crippen LogP contribution in [0.4, 0.5) is 0 Å². The third-order valence-electron chi connectivity index (χ3n) is 11.4. The molecule has 3 fully saturated rings. The van der Waals surface area contributed by atoms with Crippen molar-refractivity contribution in [3.63, 3.8) is 0 Å². The molecule has 0 saturated heterocycles. The van der Waals surface area contributed by atoms with Gasteiger partial charge in [0.2, 0.25) is 0 Å². The van der Waals surface area contributed by atoms with Gasteiger partial charge in [-0.25, -0.2) is 0 Å². The maximum atomic E-state index is 14.0. The van der Waals surface area contributed by atoms with Crippen molar-refractivity contribution in [2.45, 2.75) is 142 Å². The summed E-state index contributed by atoms with van der Waals surface area (Å²) in [6, 6.07) is 0. The SMILES string of the molecule is CC(=O)O[C@H]1C[C@]2(C)C3CC[C@]4(C)[C@@H]([C@@](C)(O)C(O)CCC(C)(C)O)CC[C@@]4(OC(C)=O)C3=CC(=O)[C@@H]2C[C@H]1OC(C)=O. The molecule has 4 rings (SSSR count). The zero-order valence-corrected chi connectivity index (χ0v) is 26.9. The van der Waals surface area contributed by atoms with Crippen molar-refractivity contribution in [3.05, 3.63) is 11.6 Å². The fourth-order valence-electron chi connectivity index (χ4n) is 9.40. The maximum absolute atomic E-state index is 14.0. The molecular weight excluding hydrogens is 556 g/mol. The molecule has 0 radical (unpaired) electrons. The van der Waals surface area contributed by atoms with E-state index < -0.39 is 75.7 Å². The molecule has 0 aromatic heterocycles. The van der Waals surface area contributed by atoms with Gasteiger partial charge in [-0.1, -0.05) is 13.8 Å². The quantitative estimate of drug-likeness (QED) is 0.276. The van der Waals surface area contributed by atoms with Gasteiger partial charge in [-0.2, -0.15) is 0 Å². The highest BCUT2D eigenvalue weighted by molar-refractivity contribution is 5.95. The maximum Gasteiger partial charge on any atom is 0.303 e. The number of hydrogen-bond acceptors (Lipinski definition) is 10. The second-order valence-corrected chi connectivity index (χ2v) is 14.9. The van der Waals surface area contributed by atoms with Gasteiger partial charge in [-0.3, -0.25) is 19.2 Å². The van der Waals surface area contributed by atoms with Gasteiger partial charge in [0.25, 0.3) is 0 Å². The van der Waals surface area contributed by atoms with Crippen LogP contribution in [-0.2, 0) is 33.4 Å². The van der Waals surface area contributed by atoms with Crippen LogP contribution >= 0.6 is 0 Å². The summed E-state index contributed by atoms with van der Waals surface area (Å²) in [5.74, 6) is -2.80. The molecule has 0 bridgehead atoms. The fourth-order valence-corrected chi connectivity index (χ4v) is 9.40. The number of allylic oxidation sites excluding steroid dienone is 1. The van der Waals surface area contributed by atoms with Gasteiger partial charge < -0.3 is 29.5 Å². The van der Waals surface area contributed by atoms with Gasteiger partial charge in [0.15, 0.2) is 5.78 Å². The summed E-state index contributed by atoms with van der Waals surface area (Å²) in [5.41, 5.74) is -4.49. The van der Waals surface area contributed by atoms with Crippen molar-refractivity contribution in [2.24, 2.45) is 28.6 Å². The molecule has 0 heterocycles. The molecular formula is C33H50O10. The number of aliphatic hydroxyl groups is 3. The molecule has 3 N–H and O–H groups in total. The predicted octanol–water partition coefficient (Wildman–Crippen LogP) is 3.57. The predicted molar refractivity (Wildman–Crippen MR) is 155 cm³/mol. The molecule has 242 valence electrons. The minimum Gasteiger partial charge on any atom is -0.459 e.